The third-order valence-electron chi connectivity index (χ3n) is 3.72. The highest BCUT2D eigenvalue weighted by Crippen LogP contribution is 2.38. The zero-order chi connectivity index (χ0) is 12.4. The van der Waals surface area contributed by atoms with E-state index in [9.17, 15) is 0 Å². The highest BCUT2D eigenvalue weighted by Gasteiger charge is 2.30. The van der Waals surface area contributed by atoms with E-state index in [1.54, 1.807) is 0 Å². The summed E-state index contributed by atoms with van der Waals surface area (Å²) in [7, 11) is 2.02. The first-order chi connectivity index (χ1) is 8.15. The van der Waals surface area contributed by atoms with Crippen LogP contribution in [0.15, 0.2) is 22.7 Å². The average Bonchev–Trinajstić information content (AvgIpc) is 2.36. The van der Waals surface area contributed by atoms with Crippen molar-refractivity contribution in [3.63, 3.8) is 0 Å². The minimum absolute atomic E-state index is 0.325. The van der Waals surface area contributed by atoms with Crippen molar-refractivity contribution < 1.29 is 4.74 Å². The summed E-state index contributed by atoms with van der Waals surface area (Å²) in [5.41, 5.74) is 1.27. The van der Waals surface area contributed by atoms with Crippen LogP contribution in [0.2, 0.25) is 0 Å². The van der Waals surface area contributed by atoms with Gasteiger partial charge in [-0.3, -0.25) is 0 Å². The number of nitrogens with one attached hydrogen (secondary N) is 1. The molecule has 2 nitrogen and oxygen atoms in total. The molecule has 0 aliphatic carbocycles. The Kier molecular flexibility index (Phi) is 4.10. The van der Waals surface area contributed by atoms with Gasteiger partial charge in [-0.15, -0.1) is 0 Å². The maximum Gasteiger partial charge on any atom is 0.124 e. The molecule has 0 amide bonds. The number of fused-ring (bicyclic) bond motifs is 1. The number of hydrogen-bond donors (Lipinski definition) is 1. The van der Waals surface area contributed by atoms with Crippen LogP contribution in [0.5, 0.6) is 5.75 Å². The molecule has 94 valence electrons. The Morgan fingerprint density at radius 1 is 1.53 bits per heavy atom. The SMILES string of the molecule is CCC(C)C1CC(NC)c2cc(Br)ccc2O1. The van der Waals surface area contributed by atoms with Gasteiger partial charge in [0.2, 0.25) is 0 Å². The van der Waals surface area contributed by atoms with Crippen LogP contribution in [-0.2, 0) is 0 Å². The summed E-state index contributed by atoms with van der Waals surface area (Å²) in [6, 6.07) is 6.67. The topological polar surface area (TPSA) is 21.3 Å². The maximum atomic E-state index is 6.11. The van der Waals surface area contributed by atoms with Gasteiger partial charge < -0.3 is 10.1 Å². The van der Waals surface area contributed by atoms with Crippen LogP contribution in [0.25, 0.3) is 0 Å². The summed E-state index contributed by atoms with van der Waals surface area (Å²) < 4.78 is 7.22. The fourth-order valence-corrected chi connectivity index (χ4v) is 2.73. The van der Waals surface area contributed by atoms with Crippen LogP contribution in [0.4, 0.5) is 0 Å². The van der Waals surface area contributed by atoms with Crippen LogP contribution < -0.4 is 10.1 Å². The van der Waals surface area contributed by atoms with E-state index >= 15 is 0 Å². The molecule has 0 bridgehead atoms. The quantitative estimate of drug-likeness (QED) is 0.913. The van der Waals surface area contributed by atoms with Crippen LogP contribution in [0.3, 0.4) is 0 Å². The molecule has 1 aromatic rings. The van der Waals surface area contributed by atoms with Gasteiger partial charge in [-0.2, -0.15) is 0 Å². The Hall–Kier alpha value is -0.540. The maximum absolute atomic E-state index is 6.11. The Morgan fingerprint density at radius 2 is 2.29 bits per heavy atom. The Morgan fingerprint density at radius 3 is 2.94 bits per heavy atom. The molecule has 1 heterocycles. The van der Waals surface area contributed by atoms with Crippen LogP contribution >= 0.6 is 15.9 Å². The summed E-state index contributed by atoms with van der Waals surface area (Å²) in [5.74, 6) is 1.63. The van der Waals surface area contributed by atoms with Crippen molar-refractivity contribution in [1.82, 2.24) is 5.32 Å². The van der Waals surface area contributed by atoms with Crippen molar-refractivity contribution in [3.8, 4) is 5.75 Å². The minimum Gasteiger partial charge on any atom is -0.490 e. The number of ether oxygens (including phenoxy) is 1. The number of halogens is 1. The molecule has 17 heavy (non-hydrogen) atoms. The normalized spacial score (nSPS) is 24.9. The third-order valence-corrected chi connectivity index (χ3v) is 4.21. The van der Waals surface area contributed by atoms with Crippen LogP contribution in [-0.4, -0.2) is 13.2 Å². The molecule has 1 aromatic carbocycles. The molecule has 0 radical (unpaired) electrons. The molecule has 0 spiro atoms. The number of hydrogen-bond acceptors (Lipinski definition) is 2. The van der Waals surface area contributed by atoms with E-state index in [1.807, 2.05) is 13.1 Å². The molecule has 0 fully saturated rings. The molecule has 0 aromatic heterocycles. The van der Waals surface area contributed by atoms with Crippen molar-refractivity contribution >= 4 is 15.9 Å². The second kappa shape index (κ2) is 5.40. The van der Waals surface area contributed by atoms with Crippen molar-refractivity contribution in [1.29, 1.82) is 0 Å². The van der Waals surface area contributed by atoms with Gasteiger partial charge in [-0.1, -0.05) is 36.2 Å². The lowest BCUT2D eigenvalue weighted by Gasteiger charge is -2.35. The van der Waals surface area contributed by atoms with Gasteiger partial charge in [0, 0.05) is 22.5 Å². The van der Waals surface area contributed by atoms with E-state index in [1.165, 1.54) is 5.56 Å². The highest BCUT2D eigenvalue weighted by molar-refractivity contribution is 9.10. The van der Waals surface area contributed by atoms with E-state index in [4.69, 9.17) is 4.74 Å². The van der Waals surface area contributed by atoms with Gasteiger partial charge in [-0.25, -0.2) is 0 Å². The molecule has 0 saturated carbocycles. The lowest BCUT2D eigenvalue weighted by molar-refractivity contribution is 0.0995. The molecule has 3 atom stereocenters. The smallest absolute Gasteiger partial charge is 0.124 e. The van der Waals surface area contributed by atoms with E-state index in [0.29, 0.717) is 18.1 Å². The lowest BCUT2D eigenvalue weighted by atomic mass is 9.89. The van der Waals surface area contributed by atoms with Crippen LogP contribution in [0.1, 0.15) is 38.3 Å². The predicted molar refractivity (Wildman–Crippen MR) is 74.4 cm³/mol. The Labute approximate surface area is 112 Å². The van der Waals surface area contributed by atoms with Gasteiger partial charge in [0.15, 0.2) is 0 Å². The summed E-state index contributed by atoms with van der Waals surface area (Å²) in [6.07, 6.45) is 2.54. The van der Waals surface area contributed by atoms with Crippen molar-refractivity contribution in [3.05, 3.63) is 28.2 Å². The molecule has 2 rings (SSSR count). The summed E-state index contributed by atoms with van der Waals surface area (Å²) in [4.78, 5) is 0. The second-order valence-electron chi connectivity index (χ2n) is 4.80. The molecule has 1 aliphatic heterocycles. The highest BCUT2D eigenvalue weighted by atomic mass is 79.9. The molecule has 1 N–H and O–H groups in total. The minimum atomic E-state index is 0.325. The van der Waals surface area contributed by atoms with E-state index < -0.39 is 0 Å². The lowest BCUT2D eigenvalue weighted by Crippen LogP contribution is -2.35. The standard InChI is InChI=1S/C14H20BrNO/c1-4-9(2)14-8-12(16-3)11-7-10(15)5-6-13(11)17-14/h5-7,9,12,14,16H,4,8H2,1-3H3. The van der Waals surface area contributed by atoms with E-state index in [-0.39, 0.29) is 0 Å². The van der Waals surface area contributed by atoms with E-state index in [2.05, 4.69) is 47.2 Å². The Balaban J connectivity index is 2.29. The Bertz CT molecular complexity index is 394. The van der Waals surface area contributed by atoms with Crippen LogP contribution in [0, 0.1) is 5.92 Å². The van der Waals surface area contributed by atoms with E-state index in [0.717, 1.165) is 23.1 Å². The fourth-order valence-electron chi connectivity index (χ4n) is 2.35. The van der Waals surface area contributed by atoms with Gasteiger partial charge >= 0.3 is 0 Å². The van der Waals surface area contributed by atoms with Crippen molar-refractivity contribution in [2.24, 2.45) is 5.92 Å². The van der Waals surface area contributed by atoms with Crippen molar-refractivity contribution in [2.45, 2.75) is 38.8 Å². The molecule has 0 saturated heterocycles. The molecule has 3 unspecified atom stereocenters. The summed E-state index contributed by atoms with van der Waals surface area (Å²) >= 11 is 3.52. The second-order valence-corrected chi connectivity index (χ2v) is 5.72. The molecule has 1 aliphatic rings. The molecular weight excluding hydrogens is 278 g/mol. The first-order valence-electron chi connectivity index (χ1n) is 6.29. The zero-order valence-electron chi connectivity index (χ0n) is 10.7. The monoisotopic (exact) mass is 297 g/mol. The van der Waals surface area contributed by atoms with Gasteiger partial charge in [0.1, 0.15) is 11.9 Å². The summed E-state index contributed by atoms with van der Waals surface area (Å²) in [5, 5.41) is 3.40. The average molecular weight is 298 g/mol. The van der Waals surface area contributed by atoms with Crippen molar-refractivity contribution in [2.75, 3.05) is 7.05 Å². The number of rotatable bonds is 3. The summed E-state index contributed by atoms with van der Waals surface area (Å²) in [6.45, 7) is 4.49. The third kappa shape index (κ3) is 2.66. The fraction of sp³-hybridized carbons (Fsp3) is 0.571. The first-order valence-corrected chi connectivity index (χ1v) is 7.08. The first kappa shape index (κ1) is 12.9. The molecule has 3 heteroatoms. The van der Waals surface area contributed by atoms with Gasteiger partial charge in [-0.05, 0) is 31.2 Å². The van der Waals surface area contributed by atoms with Gasteiger partial charge in [0.25, 0.3) is 0 Å². The zero-order valence-corrected chi connectivity index (χ0v) is 12.3. The molecular formula is C14H20BrNO. The van der Waals surface area contributed by atoms with Gasteiger partial charge in [0.05, 0.1) is 0 Å². The predicted octanol–water partition coefficient (Wildman–Crippen LogP) is 3.91. The largest absolute Gasteiger partial charge is 0.490 e. The number of benzene rings is 1.